The molecule has 2 saturated carbocycles. The summed E-state index contributed by atoms with van der Waals surface area (Å²) in [5, 5.41) is 0. The molecule has 0 saturated heterocycles. The van der Waals surface area contributed by atoms with Crippen LogP contribution < -0.4 is 0 Å². The van der Waals surface area contributed by atoms with E-state index >= 15 is 0 Å². The van der Waals surface area contributed by atoms with E-state index in [0.717, 1.165) is 51.4 Å². The third kappa shape index (κ3) is 4.71. The molecule has 2 atom stereocenters. The smallest absolute Gasteiger partial charge is 0.207 e. The van der Waals surface area contributed by atoms with Crippen molar-refractivity contribution >= 4 is 0 Å². The predicted molar refractivity (Wildman–Crippen MR) is 88.8 cm³/mol. The van der Waals surface area contributed by atoms with E-state index in [0.29, 0.717) is 5.92 Å². The molecule has 0 N–H and O–H groups in total. The van der Waals surface area contributed by atoms with Crippen molar-refractivity contribution in [1.82, 2.24) is 0 Å². The van der Waals surface area contributed by atoms with Gasteiger partial charge in [-0.2, -0.15) is 0 Å². The van der Waals surface area contributed by atoms with Crippen LogP contribution in [-0.2, 0) is 0 Å². The normalized spacial score (nSPS) is 34.7. The molecule has 2 heteroatoms. The third-order valence-electron chi connectivity index (χ3n) is 5.89. The maximum absolute atomic E-state index is 14.6. The van der Waals surface area contributed by atoms with E-state index in [9.17, 15) is 8.78 Å². The Bertz CT molecular complexity index is 382. The first kappa shape index (κ1) is 17.8. The Morgan fingerprint density at radius 2 is 1.73 bits per heavy atom. The molecular formula is C20H32F2. The number of hydrogen-bond donors (Lipinski definition) is 0. The minimum atomic E-state index is -2.43. The largest absolute Gasteiger partial charge is 0.251 e. The highest BCUT2D eigenvalue weighted by molar-refractivity contribution is 5.03. The van der Waals surface area contributed by atoms with Gasteiger partial charge in [-0.15, -0.1) is 11.8 Å². The lowest BCUT2D eigenvalue weighted by atomic mass is 9.67. The lowest BCUT2D eigenvalue weighted by Gasteiger charge is -2.42. The first-order chi connectivity index (χ1) is 10.6. The molecule has 2 unspecified atom stereocenters. The number of hydrogen-bond acceptors (Lipinski definition) is 0. The van der Waals surface area contributed by atoms with Crippen LogP contribution in [0, 0.1) is 35.5 Å². The van der Waals surface area contributed by atoms with E-state index in [-0.39, 0.29) is 24.2 Å². The van der Waals surface area contributed by atoms with Crippen molar-refractivity contribution in [2.24, 2.45) is 23.7 Å². The first-order valence-electron chi connectivity index (χ1n) is 9.37. The van der Waals surface area contributed by atoms with E-state index in [1.54, 1.807) is 0 Å². The van der Waals surface area contributed by atoms with Gasteiger partial charge < -0.3 is 0 Å². The van der Waals surface area contributed by atoms with Gasteiger partial charge in [-0.05, 0) is 57.3 Å². The van der Waals surface area contributed by atoms with Gasteiger partial charge in [0.1, 0.15) is 0 Å². The van der Waals surface area contributed by atoms with Crippen molar-refractivity contribution in [1.29, 1.82) is 0 Å². The lowest BCUT2D eigenvalue weighted by molar-refractivity contribution is -0.128. The topological polar surface area (TPSA) is 0 Å². The summed E-state index contributed by atoms with van der Waals surface area (Å²) in [5.41, 5.74) is 0. The maximum Gasteiger partial charge on any atom is 0.251 e. The molecule has 2 rings (SSSR count). The van der Waals surface area contributed by atoms with Crippen LogP contribution >= 0.6 is 0 Å². The molecule has 0 aromatic rings. The number of rotatable bonds is 5. The number of halogens is 2. The van der Waals surface area contributed by atoms with Crippen LogP contribution in [0.5, 0.6) is 0 Å². The minimum Gasteiger partial charge on any atom is -0.207 e. The van der Waals surface area contributed by atoms with Gasteiger partial charge in [0.05, 0.1) is 0 Å². The quantitative estimate of drug-likeness (QED) is 0.404. The Kier molecular flexibility index (Phi) is 6.72. The number of alkyl halides is 2. The van der Waals surface area contributed by atoms with Gasteiger partial charge in [0.2, 0.25) is 0 Å². The third-order valence-corrected chi connectivity index (χ3v) is 5.89. The zero-order valence-electron chi connectivity index (χ0n) is 14.3. The summed E-state index contributed by atoms with van der Waals surface area (Å²) in [6, 6.07) is 0. The van der Waals surface area contributed by atoms with Crippen LogP contribution in [0.25, 0.3) is 0 Å². The molecule has 0 bridgehead atoms. The van der Waals surface area contributed by atoms with Gasteiger partial charge in [0.25, 0.3) is 5.92 Å². The predicted octanol–water partition coefficient (Wildman–Crippen LogP) is 6.45. The second kappa shape index (κ2) is 8.32. The van der Waals surface area contributed by atoms with Crippen molar-refractivity contribution < 1.29 is 8.78 Å². The highest BCUT2D eigenvalue weighted by Gasteiger charge is 2.48. The van der Waals surface area contributed by atoms with Gasteiger partial charge in [-0.1, -0.05) is 32.6 Å². The standard InChI is InChI=1S/C20H32F2/c1-3-5-6-8-17-11-14-19(20(21,22)15-17)18-12-9-16(7-4-2)10-13-18/h16-19H,3,5-6,8-15H2,1-2H3. The Balaban J connectivity index is 1.84. The summed E-state index contributed by atoms with van der Waals surface area (Å²) in [5.74, 6) is 4.38. The molecule has 0 aromatic heterocycles. The average molecular weight is 310 g/mol. The Labute approximate surface area is 135 Å². The fourth-order valence-corrected chi connectivity index (χ4v) is 4.64. The molecule has 22 heavy (non-hydrogen) atoms. The summed E-state index contributed by atoms with van der Waals surface area (Å²) >= 11 is 0. The average Bonchev–Trinajstić information content (AvgIpc) is 2.48. The molecule has 0 spiro atoms. The van der Waals surface area contributed by atoms with Crippen molar-refractivity contribution in [2.45, 2.75) is 90.4 Å². The highest BCUT2D eigenvalue weighted by atomic mass is 19.3. The second-order valence-corrected chi connectivity index (χ2v) is 7.52. The lowest BCUT2D eigenvalue weighted by Crippen LogP contribution is -2.41. The van der Waals surface area contributed by atoms with E-state index < -0.39 is 5.92 Å². The van der Waals surface area contributed by atoms with Crippen LogP contribution in [0.1, 0.15) is 84.5 Å². The summed E-state index contributed by atoms with van der Waals surface area (Å²) in [4.78, 5) is 0. The molecule has 2 aliphatic carbocycles. The highest BCUT2D eigenvalue weighted by Crippen LogP contribution is 2.49. The van der Waals surface area contributed by atoms with Crippen molar-refractivity contribution in [3.8, 4) is 11.8 Å². The molecule has 2 aliphatic rings. The van der Waals surface area contributed by atoms with E-state index in [1.165, 1.54) is 12.8 Å². The van der Waals surface area contributed by atoms with Crippen LogP contribution in [0.2, 0.25) is 0 Å². The molecule has 0 heterocycles. The molecule has 0 radical (unpaired) electrons. The molecule has 0 aliphatic heterocycles. The summed E-state index contributed by atoms with van der Waals surface area (Å²) in [6.07, 6.45) is 10.4. The summed E-state index contributed by atoms with van der Waals surface area (Å²) in [6.45, 7) is 4.05. The Morgan fingerprint density at radius 1 is 1.00 bits per heavy atom. The van der Waals surface area contributed by atoms with Gasteiger partial charge in [0.15, 0.2) is 0 Å². The first-order valence-corrected chi connectivity index (χ1v) is 9.37. The molecule has 0 aromatic carbocycles. The van der Waals surface area contributed by atoms with Crippen molar-refractivity contribution in [2.75, 3.05) is 0 Å². The number of unbranched alkanes of at least 4 members (excludes halogenated alkanes) is 2. The maximum atomic E-state index is 14.6. The van der Waals surface area contributed by atoms with E-state index in [1.807, 2.05) is 6.92 Å². The zero-order valence-corrected chi connectivity index (χ0v) is 14.3. The summed E-state index contributed by atoms with van der Waals surface area (Å²) in [7, 11) is 0. The van der Waals surface area contributed by atoms with Crippen LogP contribution in [0.3, 0.4) is 0 Å². The minimum absolute atomic E-state index is 0.149. The van der Waals surface area contributed by atoms with Gasteiger partial charge in [-0.25, -0.2) is 8.78 Å². The van der Waals surface area contributed by atoms with Crippen LogP contribution in [-0.4, -0.2) is 5.92 Å². The molecule has 126 valence electrons. The fraction of sp³-hybridized carbons (Fsp3) is 0.900. The molecule has 2 fully saturated rings. The van der Waals surface area contributed by atoms with E-state index in [4.69, 9.17) is 0 Å². The molecule has 0 amide bonds. The Morgan fingerprint density at radius 3 is 2.32 bits per heavy atom. The van der Waals surface area contributed by atoms with Gasteiger partial charge in [0, 0.05) is 18.3 Å². The van der Waals surface area contributed by atoms with Gasteiger partial charge >= 0.3 is 0 Å². The summed E-state index contributed by atoms with van der Waals surface area (Å²) < 4.78 is 29.3. The molecular weight excluding hydrogens is 278 g/mol. The van der Waals surface area contributed by atoms with Crippen LogP contribution in [0.15, 0.2) is 0 Å². The van der Waals surface area contributed by atoms with Crippen molar-refractivity contribution in [3.63, 3.8) is 0 Å². The van der Waals surface area contributed by atoms with E-state index in [2.05, 4.69) is 18.8 Å². The van der Waals surface area contributed by atoms with Crippen molar-refractivity contribution in [3.05, 3.63) is 0 Å². The Hall–Kier alpha value is -0.580. The zero-order chi connectivity index (χ0) is 16.0. The molecule has 0 nitrogen and oxygen atoms in total. The fourth-order valence-electron chi connectivity index (χ4n) is 4.64. The second-order valence-electron chi connectivity index (χ2n) is 7.52. The SMILES string of the molecule is CC#CC1CCC(C2CCC(CCCCC)CC2(F)F)CC1. The van der Waals surface area contributed by atoms with Gasteiger partial charge in [-0.3, -0.25) is 0 Å². The monoisotopic (exact) mass is 310 g/mol. The van der Waals surface area contributed by atoms with Crippen LogP contribution in [0.4, 0.5) is 8.78 Å².